The molecule has 1 saturated heterocycles. The van der Waals surface area contributed by atoms with E-state index < -0.39 is 0 Å². The highest BCUT2D eigenvalue weighted by atomic mass is 15.0. The highest BCUT2D eigenvalue weighted by Gasteiger charge is 2.44. The van der Waals surface area contributed by atoms with Crippen molar-refractivity contribution in [2.45, 2.75) is 64.8 Å². The maximum atomic E-state index is 3.79. The zero-order valence-corrected chi connectivity index (χ0v) is 10.0. The normalized spacial score (nSPS) is 33.6. The van der Waals surface area contributed by atoms with Crippen LogP contribution in [0.2, 0.25) is 0 Å². The van der Waals surface area contributed by atoms with Crippen LogP contribution in [0, 0.1) is 11.3 Å². The molecule has 1 aliphatic heterocycles. The van der Waals surface area contributed by atoms with Gasteiger partial charge in [0.25, 0.3) is 0 Å². The minimum atomic E-state index is 0.429. The summed E-state index contributed by atoms with van der Waals surface area (Å²) in [5, 5.41) is 3.79. The second-order valence-corrected chi connectivity index (χ2v) is 6.34. The van der Waals surface area contributed by atoms with Gasteiger partial charge in [0.1, 0.15) is 0 Å². The molecule has 1 aliphatic carbocycles. The molecule has 0 aromatic heterocycles. The van der Waals surface area contributed by atoms with Crippen molar-refractivity contribution in [3.05, 3.63) is 0 Å². The van der Waals surface area contributed by atoms with Crippen molar-refractivity contribution in [3.8, 4) is 0 Å². The maximum absolute atomic E-state index is 3.79. The van der Waals surface area contributed by atoms with Crippen LogP contribution < -0.4 is 5.32 Å². The van der Waals surface area contributed by atoms with Gasteiger partial charge in [-0.2, -0.15) is 0 Å². The summed E-state index contributed by atoms with van der Waals surface area (Å²) < 4.78 is 0. The molecule has 1 atom stereocenters. The van der Waals surface area contributed by atoms with Crippen molar-refractivity contribution in [1.82, 2.24) is 5.32 Å². The molecule has 0 aromatic carbocycles. The SMILES string of the molecule is CC(C)(C)C1(CCC2CC2)CCCN1. The molecule has 1 nitrogen and oxygen atoms in total. The third-order valence-corrected chi connectivity index (χ3v) is 4.36. The van der Waals surface area contributed by atoms with Gasteiger partial charge in [-0.1, -0.05) is 33.6 Å². The van der Waals surface area contributed by atoms with Crippen LogP contribution in [0.1, 0.15) is 59.3 Å². The molecular weight excluding hydrogens is 170 g/mol. The van der Waals surface area contributed by atoms with E-state index in [2.05, 4.69) is 26.1 Å². The van der Waals surface area contributed by atoms with E-state index in [1.807, 2.05) is 0 Å². The lowest BCUT2D eigenvalue weighted by Gasteiger charge is -2.42. The fourth-order valence-electron chi connectivity index (χ4n) is 2.89. The van der Waals surface area contributed by atoms with Crippen LogP contribution in [-0.4, -0.2) is 12.1 Å². The van der Waals surface area contributed by atoms with Crippen LogP contribution in [0.5, 0.6) is 0 Å². The Hall–Kier alpha value is -0.0400. The fraction of sp³-hybridized carbons (Fsp3) is 1.00. The van der Waals surface area contributed by atoms with Gasteiger partial charge in [-0.05, 0) is 43.6 Å². The molecule has 1 heteroatoms. The zero-order chi connectivity index (χ0) is 10.2. The van der Waals surface area contributed by atoms with Gasteiger partial charge in [-0.15, -0.1) is 0 Å². The molecular formula is C13H25N. The first-order chi connectivity index (χ1) is 6.54. The van der Waals surface area contributed by atoms with Crippen LogP contribution in [-0.2, 0) is 0 Å². The molecule has 1 N–H and O–H groups in total. The minimum Gasteiger partial charge on any atom is -0.311 e. The Bertz CT molecular complexity index is 192. The molecule has 0 bridgehead atoms. The first kappa shape index (κ1) is 10.5. The standard InChI is InChI=1S/C13H25N/c1-12(2,3)13(8-4-10-14-13)9-7-11-5-6-11/h11,14H,4-10H2,1-3H3. The third-order valence-electron chi connectivity index (χ3n) is 4.36. The van der Waals surface area contributed by atoms with E-state index in [1.165, 1.54) is 45.1 Å². The van der Waals surface area contributed by atoms with Crippen LogP contribution in [0.25, 0.3) is 0 Å². The predicted octanol–water partition coefficient (Wildman–Crippen LogP) is 3.34. The van der Waals surface area contributed by atoms with Gasteiger partial charge in [0.15, 0.2) is 0 Å². The zero-order valence-electron chi connectivity index (χ0n) is 10.0. The number of hydrogen-bond donors (Lipinski definition) is 1. The Balaban J connectivity index is 1.97. The Labute approximate surface area is 88.7 Å². The summed E-state index contributed by atoms with van der Waals surface area (Å²) >= 11 is 0. The van der Waals surface area contributed by atoms with Crippen LogP contribution in [0.15, 0.2) is 0 Å². The lowest BCUT2D eigenvalue weighted by molar-refractivity contribution is 0.143. The first-order valence-corrected chi connectivity index (χ1v) is 6.29. The molecule has 2 rings (SSSR count). The molecule has 1 saturated carbocycles. The van der Waals surface area contributed by atoms with Crippen molar-refractivity contribution in [2.75, 3.05) is 6.54 Å². The molecule has 14 heavy (non-hydrogen) atoms. The second-order valence-electron chi connectivity index (χ2n) is 6.34. The smallest absolute Gasteiger partial charge is 0.0230 e. The highest BCUT2D eigenvalue weighted by molar-refractivity contribution is 5.02. The van der Waals surface area contributed by atoms with Gasteiger partial charge >= 0.3 is 0 Å². The van der Waals surface area contributed by atoms with Crippen molar-refractivity contribution in [1.29, 1.82) is 0 Å². The third kappa shape index (κ3) is 1.98. The van der Waals surface area contributed by atoms with E-state index in [1.54, 1.807) is 0 Å². The van der Waals surface area contributed by atoms with Crippen LogP contribution in [0.3, 0.4) is 0 Å². The van der Waals surface area contributed by atoms with Crippen LogP contribution in [0.4, 0.5) is 0 Å². The average Bonchev–Trinajstić information content (AvgIpc) is 2.78. The summed E-state index contributed by atoms with van der Waals surface area (Å²) in [6.07, 6.45) is 8.64. The van der Waals surface area contributed by atoms with Crippen molar-refractivity contribution in [3.63, 3.8) is 0 Å². The maximum Gasteiger partial charge on any atom is 0.0230 e. The molecule has 2 fully saturated rings. The molecule has 2 aliphatic rings. The van der Waals surface area contributed by atoms with Gasteiger partial charge in [-0.3, -0.25) is 0 Å². The molecule has 1 unspecified atom stereocenters. The largest absolute Gasteiger partial charge is 0.311 e. The van der Waals surface area contributed by atoms with E-state index in [4.69, 9.17) is 0 Å². The van der Waals surface area contributed by atoms with Gasteiger partial charge in [0, 0.05) is 5.54 Å². The Morgan fingerprint density at radius 1 is 1.29 bits per heavy atom. The van der Waals surface area contributed by atoms with Crippen molar-refractivity contribution in [2.24, 2.45) is 11.3 Å². The predicted molar refractivity (Wildman–Crippen MR) is 61.4 cm³/mol. The molecule has 0 amide bonds. The molecule has 1 heterocycles. The van der Waals surface area contributed by atoms with E-state index in [-0.39, 0.29) is 0 Å². The second kappa shape index (κ2) is 3.52. The van der Waals surface area contributed by atoms with Gasteiger partial charge in [-0.25, -0.2) is 0 Å². The fourth-order valence-corrected chi connectivity index (χ4v) is 2.89. The van der Waals surface area contributed by atoms with Gasteiger partial charge in [0.05, 0.1) is 0 Å². The topological polar surface area (TPSA) is 12.0 Å². The van der Waals surface area contributed by atoms with Crippen molar-refractivity contribution >= 4 is 0 Å². The van der Waals surface area contributed by atoms with Crippen LogP contribution >= 0.6 is 0 Å². The summed E-state index contributed by atoms with van der Waals surface area (Å²) in [6.45, 7) is 8.44. The van der Waals surface area contributed by atoms with E-state index in [0.29, 0.717) is 11.0 Å². The molecule has 0 radical (unpaired) electrons. The number of nitrogens with one attached hydrogen (secondary N) is 1. The van der Waals surface area contributed by atoms with E-state index in [9.17, 15) is 0 Å². The monoisotopic (exact) mass is 195 g/mol. The number of rotatable bonds is 3. The first-order valence-electron chi connectivity index (χ1n) is 6.29. The molecule has 0 aromatic rings. The molecule has 82 valence electrons. The average molecular weight is 195 g/mol. The van der Waals surface area contributed by atoms with Gasteiger partial charge in [0.2, 0.25) is 0 Å². The van der Waals surface area contributed by atoms with E-state index >= 15 is 0 Å². The summed E-state index contributed by atoms with van der Waals surface area (Å²) in [6, 6.07) is 0. The van der Waals surface area contributed by atoms with E-state index in [0.717, 1.165) is 5.92 Å². The lowest BCUT2D eigenvalue weighted by Crippen LogP contribution is -2.50. The van der Waals surface area contributed by atoms with Gasteiger partial charge < -0.3 is 5.32 Å². The summed E-state index contributed by atoms with van der Waals surface area (Å²) in [5.41, 5.74) is 0.883. The Kier molecular flexibility index (Phi) is 2.63. The Morgan fingerprint density at radius 3 is 2.43 bits per heavy atom. The number of hydrogen-bond acceptors (Lipinski definition) is 1. The lowest BCUT2D eigenvalue weighted by atomic mass is 9.70. The van der Waals surface area contributed by atoms with Crippen molar-refractivity contribution < 1.29 is 0 Å². The summed E-state index contributed by atoms with van der Waals surface area (Å²) in [5.74, 6) is 1.08. The minimum absolute atomic E-state index is 0.429. The quantitative estimate of drug-likeness (QED) is 0.728. The Morgan fingerprint density at radius 2 is 2.00 bits per heavy atom. The molecule has 0 spiro atoms. The highest BCUT2D eigenvalue weighted by Crippen LogP contribution is 2.44. The summed E-state index contributed by atoms with van der Waals surface area (Å²) in [7, 11) is 0. The summed E-state index contributed by atoms with van der Waals surface area (Å²) in [4.78, 5) is 0.